The third-order valence-corrected chi connectivity index (χ3v) is 0. The second kappa shape index (κ2) is 83.6. The van der Waals surface area contributed by atoms with Crippen molar-refractivity contribution in [2.45, 2.75) is 0 Å². The Balaban J connectivity index is -0.00000000121. The van der Waals surface area contributed by atoms with Crippen molar-refractivity contribution in [1.82, 2.24) is 0 Å². The van der Waals surface area contributed by atoms with Crippen molar-refractivity contribution in [2.24, 2.45) is 0 Å². The Morgan fingerprint density at radius 2 is 0.471 bits per heavy atom. The number of hydrogen-bond acceptors (Lipinski definition) is 4. The molecule has 0 aliphatic heterocycles. The molecule has 17 heteroatoms. The van der Waals surface area contributed by atoms with Crippen molar-refractivity contribution in [2.75, 3.05) is 0 Å². The van der Waals surface area contributed by atoms with Gasteiger partial charge in [-0.15, -0.1) is 0 Å². The van der Waals surface area contributed by atoms with Gasteiger partial charge in [0.25, 0.3) is 0 Å². The molecule has 0 aromatic rings. The molecule has 112 valence electrons. The molecule has 0 saturated carbocycles. The molecule has 0 radical (unpaired) electrons. The summed E-state index contributed by atoms with van der Waals surface area (Å²) in [5, 5.41) is 0. The molecule has 0 unspecified atom stereocenters. The van der Waals surface area contributed by atoms with Gasteiger partial charge in [0.1, 0.15) is 0 Å². The maximum absolute atomic E-state index is 8.59. The van der Waals surface area contributed by atoms with E-state index >= 15 is 0 Å². The van der Waals surface area contributed by atoms with Crippen molar-refractivity contribution in [1.29, 1.82) is 0 Å². The van der Waals surface area contributed by atoms with Crippen LogP contribution in [0.25, 0.3) is 0 Å². The van der Waals surface area contributed by atoms with Crippen LogP contribution in [0.15, 0.2) is 0 Å². The predicted octanol–water partition coefficient (Wildman–Crippen LogP) is -16.9. The second-order valence-electron chi connectivity index (χ2n) is 0.408. The summed E-state index contributed by atoms with van der Waals surface area (Å²) in [7, 11) is 0. The van der Waals surface area contributed by atoms with E-state index < -0.39 is 13.6 Å². The van der Waals surface area contributed by atoms with Crippen LogP contribution in [0.1, 0.15) is 0 Å². The van der Waals surface area contributed by atoms with Crippen LogP contribution in [0, 0.1) is 0 Å². The Morgan fingerprint density at radius 3 is 0.471 bits per heavy atom. The fraction of sp³-hybridized carbons (Fsp3) is 0. The summed E-state index contributed by atoms with van der Waals surface area (Å²) in [4.78, 5) is 0. The van der Waals surface area contributed by atoms with Crippen LogP contribution in [0.3, 0.4) is 0 Å². The van der Waals surface area contributed by atoms with Gasteiger partial charge in [0.2, 0.25) is 0 Å². The van der Waals surface area contributed by atoms with Gasteiger partial charge in [0.15, 0.2) is 0 Å². The Kier molecular flexibility index (Phi) is 895. The van der Waals surface area contributed by atoms with Crippen LogP contribution < -0.4 is 67.4 Å². The van der Waals surface area contributed by atoms with Crippen molar-refractivity contribution in [3.8, 4) is 0 Å². The molecular weight excluding hydrogens is 322 g/mol. The quantitative estimate of drug-likeness (QED) is 0.386. The third-order valence-electron chi connectivity index (χ3n) is 0. The van der Waals surface area contributed by atoms with Crippen LogP contribution in [0.4, 0.5) is 0 Å². The minimum atomic E-state index is -5.75. The average Bonchev–Trinajstić information content (AvgIpc) is 0.722. The molecule has 17 heavy (non-hydrogen) atoms. The first kappa shape index (κ1) is 182. The Labute approximate surface area is 142 Å². The zero-order valence-electron chi connectivity index (χ0n) is 9.04. The third kappa shape index (κ3) is 1580. The summed E-state index contributed by atoms with van der Waals surface area (Å²) in [5.74, 6) is 0. The van der Waals surface area contributed by atoms with Crippen LogP contribution in [0.5, 0.6) is 0 Å². The molecule has 14 nitrogen and oxygen atoms in total. The summed E-state index contributed by atoms with van der Waals surface area (Å²) >= 11 is -5.75. The van der Waals surface area contributed by atoms with Gasteiger partial charge in [-0.2, -0.15) is 0 Å². The van der Waals surface area contributed by atoms with E-state index in [1.807, 2.05) is 0 Å². The normalized spacial score (nSPS) is 3.41. The first-order chi connectivity index (χ1) is 2.00. The van der Waals surface area contributed by atoms with Gasteiger partial charge in [-0.3, -0.25) is 0 Å². The van der Waals surface area contributed by atoms with E-state index in [4.69, 9.17) is 15.9 Å². The fourth-order valence-corrected chi connectivity index (χ4v) is 0. The monoisotopic (exact) mass is 342 g/mol. The molecule has 0 aromatic carbocycles. The van der Waals surface area contributed by atoms with Gasteiger partial charge in [0, 0.05) is 0 Å². The van der Waals surface area contributed by atoms with E-state index in [0.29, 0.717) is 0 Å². The van der Waals surface area contributed by atoms with E-state index in [0.717, 1.165) is 0 Å². The Morgan fingerprint density at radius 1 is 0.471 bits per heavy atom. The number of rotatable bonds is 0. The number of hydrogen-bond donors (Lipinski definition) is 0. The predicted molar refractivity (Wildman–Crippen MR) is 37.5 cm³/mol. The van der Waals surface area contributed by atoms with Crippen LogP contribution in [0.2, 0.25) is 0 Å². The van der Waals surface area contributed by atoms with E-state index in [-0.39, 0.29) is 114 Å². The molecule has 0 aliphatic carbocycles. The van der Waals surface area contributed by atoms with Crippen molar-refractivity contribution in [3.63, 3.8) is 0 Å². The molecule has 0 fully saturated rings. The van der Waals surface area contributed by atoms with E-state index in [9.17, 15) is 0 Å². The Bertz CT molecular complexity index is 97.4. The van der Waals surface area contributed by atoms with Crippen molar-refractivity contribution < 1.29 is 143 Å². The topological polar surface area (TPSA) is 395 Å². The summed E-state index contributed by atoms with van der Waals surface area (Å²) in [6, 6.07) is 0. The molecule has 0 heterocycles. The van der Waals surface area contributed by atoms with E-state index in [1.54, 1.807) is 0 Å². The summed E-state index contributed by atoms with van der Waals surface area (Å²) in [5.41, 5.74) is 0. The minimum absolute atomic E-state index is 0. The maximum atomic E-state index is 8.59. The molecule has 20 N–H and O–H groups in total. The molecule has 0 rings (SSSR count). The molecule has 0 atom stereocenters. The van der Waals surface area contributed by atoms with Crippen LogP contribution in [-0.4, -0.2) is 54.8 Å². The summed E-state index contributed by atoms with van der Waals surface area (Å²) < 4.78 is 34.4. The van der Waals surface area contributed by atoms with Gasteiger partial charge >= 0.3 is 88.7 Å². The SMILES string of the molecule is O.O.O.O.O.O.O.O.O.O.[Na+].[Na+].[O]=[Cr](=[O])([O-])[O-]. The van der Waals surface area contributed by atoms with Crippen molar-refractivity contribution in [3.05, 3.63) is 0 Å². The molecule has 0 spiro atoms. The van der Waals surface area contributed by atoms with Crippen LogP contribution in [-0.2, 0) is 21.2 Å². The van der Waals surface area contributed by atoms with Crippen LogP contribution >= 0.6 is 0 Å². The second-order valence-corrected chi connectivity index (χ2v) is 1.68. The molecular formula is H20CrNa2O14. The first-order valence-electron chi connectivity index (χ1n) is 0.667. The molecule has 0 aromatic heterocycles. The first-order valence-corrected chi connectivity index (χ1v) is 2.75. The van der Waals surface area contributed by atoms with Gasteiger partial charge in [-0.05, 0) is 0 Å². The van der Waals surface area contributed by atoms with Gasteiger partial charge in [-0.1, -0.05) is 0 Å². The average molecular weight is 342 g/mol. The van der Waals surface area contributed by atoms with Gasteiger partial charge < -0.3 is 54.8 Å². The van der Waals surface area contributed by atoms with E-state index in [1.165, 1.54) is 0 Å². The zero-order chi connectivity index (χ0) is 4.50. The van der Waals surface area contributed by atoms with Crippen molar-refractivity contribution >= 4 is 0 Å². The van der Waals surface area contributed by atoms with E-state index in [2.05, 4.69) is 0 Å². The summed E-state index contributed by atoms with van der Waals surface area (Å²) in [6.45, 7) is 0. The fourth-order valence-electron chi connectivity index (χ4n) is 0. The van der Waals surface area contributed by atoms with Gasteiger partial charge in [0.05, 0.1) is 0 Å². The molecule has 0 aliphatic rings. The summed E-state index contributed by atoms with van der Waals surface area (Å²) in [6.07, 6.45) is 0. The Hall–Kier alpha value is 1.65. The zero-order valence-corrected chi connectivity index (χ0v) is 14.3. The van der Waals surface area contributed by atoms with Gasteiger partial charge in [-0.25, -0.2) is 0 Å². The molecule has 0 bridgehead atoms. The molecule has 0 amide bonds. The molecule has 0 saturated heterocycles. The standard InChI is InChI=1S/Cr.2Na.10H2O.4O/h;;;10*1H2;;;;/q;2*+1;;;;;;;;;;;;;2*-1.